The van der Waals surface area contributed by atoms with E-state index in [1.165, 1.54) is 5.56 Å². The predicted octanol–water partition coefficient (Wildman–Crippen LogP) is 2.73. The van der Waals surface area contributed by atoms with Gasteiger partial charge in [-0.05, 0) is 30.2 Å². The zero-order valence-electron chi connectivity index (χ0n) is 16.9. The fourth-order valence-electron chi connectivity index (χ4n) is 4.34. The van der Waals surface area contributed by atoms with E-state index in [2.05, 4.69) is 52.5 Å². The summed E-state index contributed by atoms with van der Waals surface area (Å²) in [6.07, 6.45) is 2.99. The number of guanidine groups is 1. The molecule has 0 aromatic heterocycles. The Morgan fingerprint density at radius 2 is 2.00 bits per heavy atom. The topological polar surface area (TPSA) is 65.0 Å². The number of hydrogen-bond donors (Lipinski definition) is 1. The highest BCUT2D eigenvalue weighted by molar-refractivity contribution is 14.0. The van der Waals surface area contributed by atoms with Crippen LogP contribution in [0.4, 0.5) is 0 Å². The molecule has 0 bridgehead atoms. The van der Waals surface area contributed by atoms with Crippen LogP contribution in [0.5, 0.6) is 0 Å². The van der Waals surface area contributed by atoms with Crippen LogP contribution in [0.3, 0.4) is 0 Å². The fraction of sp³-hybridized carbons (Fsp3) is 0.650. The number of nitrogens with zero attached hydrogens (tertiary/aromatic N) is 3. The summed E-state index contributed by atoms with van der Waals surface area (Å²) in [4.78, 5) is 6.77. The van der Waals surface area contributed by atoms with Crippen molar-refractivity contribution in [2.24, 2.45) is 10.9 Å². The number of benzene rings is 1. The molecule has 2 aliphatic heterocycles. The van der Waals surface area contributed by atoms with Crippen molar-refractivity contribution in [1.29, 1.82) is 0 Å². The Labute approximate surface area is 186 Å². The molecule has 2 atom stereocenters. The molecule has 2 aliphatic rings. The minimum atomic E-state index is -3.03. The average molecular weight is 520 g/mol. The summed E-state index contributed by atoms with van der Waals surface area (Å²) < 4.78 is 25.4. The van der Waals surface area contributed by atoms with Gasteiger partial charge in [0.25, 0.3) is 0 Å². The second kappa shape index (κ2) is 10.8. The summed E-state index contributed by atoms with van der Waals surface area (Å²) in [5.74, 6) is 2.36. The number of likely N-dealkylation sites (tertiary alicyclic amines) is 1. The molecule has 0 radical (unpaired) electrons. The fourth-order valence-corrected chi connectivity index (χ4v) is 5.87. The SMILES string of the molecule is CCC1CN(C(=NC)NCCN2CCCS2(=O)=O)CCC1c1ccccc1.I. The van der Waals surface area contributed by atoms with Crippen molar-refractivity contribution in [2.75, 3.05) is 45.5 Å². The highest BCUT2D eigenvalue weighted by Crippen LogP contribution is 2.34. The van der Waals surface area contributed by atoms with Gasteiger partial charge in [-0.1, -0.05) is 43.7 Å². The van der Waals surface area contributed by atoms with Gasteiger partial charge < -0.3 is 10.2 Å². The Bertz CT molecular complexity index is 742. The first kappa shape index (κ1) is 23.4. The van der Waals surface area contributed by atoms with Crippen molar-refractivity contribution in [3.63, 3.8) is 0 Å². The van der Waals surface area contributed by atoms with Crippen LogP contribution in [0.1, 0.15) is 37.7 Å². The van der Waals surface area contributed by atoms with Gasteiger partial charge >= 0.3 is 0 Å². The molecule has 158 valence electrons. The molecular formula is C20H33IN4O2S. The predicted molar refractivity (Wildman–Crippen MR) is 126 cm³/mol. The van der Waals surface area contributed by atoms with Gasteiger partial charge in [-0.15, -0.1) is 24.0 Å². The molecule has 3 rings (SSSR count). The van der Waals surface area contributed by atoms with E-state index >= 15 is 0 Å². The van der Waals surface area contributed by atoms with Gasteiger partial charge in [-0.25, -0.2) is 12.7 Å². The largest absolute Gasteiger partial charge is 0.355 e. The van der Waals surface area contributed by atoms with E-state index in [9.17, 15) is 8.42 Å². The van der Waals surface area contributed by atoms with Gasteiger partial charge in [0.05, 0.1) is 5.75 Å². The zero-order chi connectivity index (χ0) is 19.3. The molecule has 1 N–H and O–H groups in total. The van der Waals surface area contributed by atoms with Crippen LogP contribution < -0.4 is 5.32 Å². The number of piperidine rings is 1. The van der Waals surface area contributed by atoms with Crippen LogP contribution in [0.2, 0.25) is 0 Å². The molecule has 0 spiro atoms. The van der Waals surface area contributed by atoms with Crippen molar-refractivity contribution in [2.45, 2.75) is 32.1 Å². The lowest BCUT2D eigenvalue weighted by Crippen LogP contribution is -2.49. The second-order valence-electron chi connectivity index (χ2n) is 7.46. The van der Waals surface area contributed by atoms with E-state index in [1.54, 1.807) is 11.4 Å². The number of rotatable bonds is 5. The standard InChI is InChI=1S/C20H32N4O2S.HI/c1-3-17-16-23(13-10-19(17)18-8-5-4-6-9-18)20(21-2)22-11-14-24-12-7-15-27(24,25)26;/h4-6,8-9,17,19H,3,7,10-16H2,1-2H3,(H,21,22);1H. The van der Waals surface area contributed by atoms with Crippen molar-refractivity contribution in [1.82, 2.24) is 14.5 Å². The number of halogens is 1. The first-order valence-electron chi connectivity index (χ1n) is 10.0. The molecule has 2 saturated heterocycles. The number of sulfonamides is 1. The number of nitrogens with one attached hydrogen (secondary N) is 1. The quantitative estimate of drug-likeness (QED) is 0.369. The van der Waals surface area contributed by atoms with Crippen LogP contribution in [0.15, 0.2) is 35.3 Å². The molecule has 0 amide bonds. The zero-order valence-corrected chi connectivity index (χ0v) is 20.0. The molecule has 6 nitrogen and oxygen atoms in total. The molecule has 1 aromatic rings. The van der Waals surface area contributed by atoms with Crippen LogP contribution in [-0.2, 0) is 10.0 Å². The maximum Gasteiger partial charge on any atom is 0.214 e. The molecular weight excluding hydrogens is 487 g/mol. The van der Waals surface area contributed by atoms with E-state index in [0.717, 1.165) is 38.3 Å². The van der Waals surface area contributed by atoms with Gasteiger partial charge in [0.1, 0.15) is 0 Å². The lowest BCUT2D eigenvalue weighted by atomic mass is 9.79. The molecule has 28 heavy (non-hydrogen) atoms. The Balaban J connectivity index is 0.00000280. The van der Waals surface area contributed by atoms with E-state index in [1.807, 2.05) is 0 Å². The van der Waals surface area contributed by atoms with E-state index in [0.29, 0.717) is 31.5 Å². The van der Waals surface area contributed by atoms with Crippen molar-refractivity contribution in [3.8, 4) is 0 Å². The molecule has 8 heteroatoms. The van der Waals surface area contributed by atoms with Crippen molar-refractivity contribution < 1.29 is 8.42 Å². The Hall–Kier alpha value is -0.870. The summed E-state index contributed by atoms with van der Waals surface area (Å²) in [5.41, 5.74) is 1.44. The lowest BCUT2D eigenvalue weighted by Gasteiger charge is -2.40. The average Bonchev–Trinajstić information content (AvgIpc) is 3.03. The minimum Gasteiger partial charge on any atom is -0.355 e. The van der Waals surface area contributed by atoms with Gasteiger partial charge in [0, 0.05) is 39.8 Å². The van der Waals surface area contributed by atoms with Crippen molar-refractivity contribution in [3.05, 3.63) is 35.9 Å². The highest BCUT2D eigenvalue weighted by atomic mass is 127. The monoisotopic (exact) mass is 520 g/mol. The molecule has 0 aliphatic carbocycles. The highest BCUT2D eigenvalue weighted by Gasteiger charge is 2.31. The van der Waals surface area contributed by atoms with E-state index in [4.69, 9.17) is 0 Å². The normalized spacial score (nSPS) is 25.4. The number of aliphatic imine (C=N–C) groups is 1. The summed E-state index contributed by atoms with van der Waals surface area (Å²) in [6, 6.07) is 10.8. The molecule has 1 aromatic carbocycles. The summed E-state index contributed by atoms with van der Waals surface area (Å²) >= 11 is 0. The molecule has 2 fully saturated rings. The van der Waals surface area contributed by atoms with Gasteiger partial charge in [-0.3, -0.25) is 4.99 Å². The lowest BCUT2D eigenvalue weighted by molar-refractivity contribution is 0.215. The summed E-state index contributed by atoms with van der Waals surface area (Å²) in [6.45, 7) is 5.97. The van der Waals surface area contributed by atoms with E-state index in [-0.39, 0.29) is 29.7 Å². The Kier molecular flexibility index (Phi) is 9.01. The van der Waals surface area contributed by atoms with Crippen LogP contribution in [-0.4, -0.2) is 69.1 Å². The third-order valence-corrected chi connectivity index (χ3v) is 7.80. The summed E-state index contributed by atoms with van der Waals surface area (Å²) in [7, 11) is -1.22. The van der Waals surface area contributed by atoms with Gasteiger partial charge in [-0.2, -0.15) is 0 Å². The van der Waals surface area contributed by atoms with Gasteiger partial charge in [0.2, 0.25) is 10.0 Å². The molecule has 0 saturated carbocycles. The molecule has 2 heterocycles. The Morgan fingerprint density at radius 1 is 1.25 bits per heavy atom. The van der Waals surface area contributed by atoms with Crippen LogP contribution in [0.25, 0.3) is 0 Å². The Morgan fingerprint density at radius 3 is 2.61 bits per heavy atom. The summed E-state index contributed by atoms with van der Waals surface area (Å²) in [5, 5.41) is 3.37. The van der Waals surface area contributed by atoms with E-state index < -0.39 is 10.0 Å². The van der Waals surface area contributed by atoms with Crippen molar-refractivity contribution >= 4 is 40.0 Å². The smallest absolute Gasteiger partial charge is 0.214 e. The van der Waals surface area contributed by atoms with Crippen LogP contribution >= 0.6 is 24.0 Å². The first-order chi connectivity index (χ1) is 13.0. The third-order valence-electron chi connectivity index (χ3n) is 5.84. The van der Waals surface area contributed by atoms with Crippen LogP contribution in [0, 0.1) is 5.92 Å². The maximum atomic E-state index is 11.9. The minimum absolute atomic E-state index is 0. The molecule has 2 unspecified atom stereocenters. The van der Waals surface area contributed by atoms with Gasteiger partial charge in [0.15, 0.2) is 5.96 Å². The number of hydrogen-bond acceptors (Lipinski definition) is 3. The maximum absolute atomic E-state index is 11.9. The third kappa shape index (κ3) is 5.60. The second-order valence-corrected chi connectivity index (χ2v) is 9.55. The first-order valence-corrected chi connectivity index (χ1v) is 11.6.